The fourth-order valence-electron chi connectivity index (χ4n) is 4.03. The van der Waals surface area contributed by atoms with Crippen molar-refractivity contribution in [3.05, 3.63) is 72.4 Å². The lowest BCUT2D eigenvalue weighted by molar-refractivity contribution is -0.116. The number of nitrogens with one attached hydrogen (secondary N) is 2. The van der Waals surface area contributed by atoms with Crippen LogP contribution in [0.2, 0.25) is 0 Å². The molecule has 1 aliphatic heterocycles. The van der Waals surface area contributed by atoms with Crippen LogP contribution in [-0.4, -0.2) is 48.9 Å². The van der Waals surface area contributed by atoms with Crippen LogP contribution < -0.4 is 5.32 Å². The van der Waals surface area contributed by atoms with Crippen molar-refractivity contribution in [2.24, 2.45) is 0 Å². The largest absolute Gasteiger partial charge is 0.373 e. The Hall–Kier alpha value is -2.94. The maximum atomic E-state index is 13.0. The molecule has 0 saturated carbocycles. The van der Waals surface area contributed by atoms with E-state index in [9.17, 15) is 13.2 Å². The van der Waals surface area contributed by atoms with Gasteiger partial charge in [-0.25, -0.2) is 8.42 Å². The number of carbonyl (C=O) groups excluding carboxylic acids is 1. The van der Waals surface area contributed by atoms with Gasteiger partial charge in [0.15, 0.2) is 0 Å². The molecule has 174 valence electrons. The molecule has 33 heavy (non-hydrogen) atoms. The number of ether oxygens (including phenoxy) is 1. The second kappa shape index (κ2) is 9.91. The van der Waals surface area contributed by atoms with E-state index in [0.29, 0.717) is 31.6 Å². The van der Waals surface area contributed by atoms with Gasteiger partial charge in [0.2, 0.25) is 15.9 Å². The van der Waals surface area contributed by atoms with Crippen LogP contribution in [0.15, 0.2) is 71.6 Å². The van der Waals surface area contributed by atoms with Gasteiger partial charge in [-0.2, -0.15) is 4.31 Å². The van der Waals surface area contributed by atoms with Crippen molar-refractivity contribution in [2.75, 3.05) is 18.4 Å². The average Bonchev–Trinajstić information content (AvgIpc) is 3.27. The molecule has 0 spiro atoms. The first kappa shape index (κ1) is 23.2. The molecule has 2 atom stereocenters. The van der Waals surface area contributed by atoms with Crippen molar-refractivity contribution < 1.29 is 17.9 Å². The molecule has 2 N–H and O–H groups in total. The maximum absolute atomic E-state index is 13.0. The van der Waals surface area contributed by atoms with Crippen LogP contribution in [0, 0.1) is 0 Å². The number of benzene rings is 2. The number of carbonyl (C=O) groups is 1. The van der Waals surface area contributed by atoms with Crippen LogP contribution in [-0.2, 0) is 26.0 Å². The third-order valence-corrected chi connectivity index (χ3v) is 7.46. The Kier molecular flexibility index (Phi) is 6.97. The van der Waals surface area contributed by atoms with Crippen molar-refractivity contribution >= 4 is 21.6 Å². The molecule has 1 aromatic heterocycles. The van der Waals surface area contributed by atoms with Crippen molar-refractivity contribution in [3.63, 3.8) is 0 Å². The molecule has 0 bridgehead atoms. The van der Waals surface area contributed by atoms with Gasteiger partial charge in [0.05, 0.1) is 17.1 Å². The first-order valence-electron chi connectivity index (χ1n) is 11.1. The number of hydrogen-bond donors (Lipinski definition) is 2. The predicted molar refractivity (Wildman–Crippen MR) is 128 cm³/mol. The highest BCUT2D eigenvalue weighted by atomic mass is 32.2. The normalized spacial score (nSPS) is 19.3. The number of aromatic amines is 1. The summed E-state index contributed by atoms with van der Waals surface area (Å²) in [5.41, 5.74) is 3.68. The van der Waals surface area contributed by atoms with E-state index >= 15 is 0 Å². The van der Waals surface area contributed by atoms with Crippen molar-refractivity contribution in [2.45, 2.75) is 43.8 Å². The number of nitrogens with zero attached hydrogens (tertiary/aromatic N) is 1. The molecule has 2 unspecified atom stereocenters. The molecule has 0 radical (unpaired) electrons. The first-order valence-corrected chi connectivity index (χ1v) is 12.5. The fourth-order valence-corrected chi connectivity index (χ4v) is 5.62. The Morgan fingerprint density at radius 3 is 2.33 bits per heavy atom. The lowest BCUT2D eigenvalue weighted by Gasteiger charge is -2.34. The minimum Gasteiger partial charge on any atom is -0.373 e. The smallest absolute Gasteiger partial charge is 0.243 e. The van der Waals surface area contributed by atoms with Gasteiger partial charge in [0.25, 0.3) is 0 Å². The molecular weight excluding hydrogens is 438 g/mol. The predicted octanol–water partition coefficient (Wildman–Crippen LogP) is 4.05. The highest BCUT2D eigenvalue weighted by Crippen LogP contribution is 2.23. The summed E-state index contributed by atoms with van der Waals surface area (Å²) in [6, 6.07) is 20.3. The summed E-state index contributed by atoms with van der Waals surface area (Å²) >= 11 is 0. The second-order valence-corrected chi connectivity index (χ2v) is 10.4. The number of aryl methyl sites for hydroxylation is 1. The zero-order chi connectivity index (χ0) is 23.4. The number of aromatic nitrogens is 1. The van der Waals surface area contributed by atoms with E-state index in [4.69, 9.17) is 4.74 Å². The van der Waals surface area contributed by atoms with E-state index < -0.39 is 10.0 Å². The van der Waals surface area contributed by atoms with Gasteiger partial charge in [-0.05, 0) is 62.2 Å². The molecular formula is C25H29N3O4S. The Balaban J connectivity index is 1.32. The summed E-state index contributed by atoms with van der Waals surface area (Å²) in [6.45, 7) is 4.39. The number of anilines is 1. The highest BCUT2D eigenvalue weighted by molar-refractivity contribution is 7.89. The number of H-pyrrole nitrogens is 1. The minimum atomic E-state index is -3.60. The van der Waals surface area contributed by atoms with Crippen molar-refractivity contribution in [3.8, 4) is 11.3 Å². The number of amides is 1. The van der Waals surface area contributed by atoms with Gasteiger partial charge in [-0.15, -0.1) is 0 Å². The van der Waals surface area contributed by atoms with Gasteiger partial charge < -0.3 is 15.0 Å². The molecule has 1 aliphatic rings. The fraction of sp³-hybridized carbons (Fsp3) is 0.320. The van der Waals surface area contributed by atoms with Crippen LogP contribution in [0.5, 0.6) is 0 Å². The Morgan fingerprint density at radius 2 is 1.67 bits per heavy atom. The van der Waals surface area contributed by atoms with Crippen LogP contribution >= 0.6 is 0 Å². The second-order valence-electron chi connectivity index (χ2n) is 8.42. The molecule has 1 fully saturated rings. The number of morpholine rings is 1. The molecule has 7 nitrogen and oxygen atoms in total. The van der Waals surface area contributed by atoms with Crippen LogP contribution in [0.1, 0.15) is 26.0 Å². The van der Waals surface area contributed by atoms with E-state index in [-0.39, 0.29) is 23.0 Å². The van der Waals surface area contributed by atoms with Gasteiger partial charge >= 0.3 is 0 Å². The van der Waals surface area contributed by atoms with Gasteiger partial charge in [0.1, 0.15) is 0 Å². The maximum Gasteiger partial charge on any atom is 0.243 e. The van der Waals surface area contributed by atoms with E-state index in [0.717, 1.165) is 17.0 Å². The summed E-state index contributed by atoms with van der Waals surface area (Å²) in [5.74, 6) is -0.128. The number of sulfonamides is 1. The molecule has 2 aromatic carbocycles. The third kappa shape index (κ3) is 5.71. The molecule has 2 heterocycles. The Bertz CT molecular complexity index is 1180. The summed E-state index contributed by atoms with van der Waals surface area (Å²) in [5, 5.41) is 2.84. The average molecular weight is 468 g/mol. The molecule has 4 rings (SSSR count). The standard InChI is InChI=1S/C25H29N3O4S/c1-18-16-28(17-19(2)32-18)33(30,31)23-12-8-22(9-13-23)27-25(29)15-11-21-10-14-24(26-21)20-6-4-3-5-7-20/h3-10,12-14,18-19,26H,11,15-17H2,1-2H3,(H,27,29). The summed E-state index contributed by atoms with van der Waals surface area (Å²) in [6.07, 6.45) is 0.604. The number of hydrogen-bond acceptors (Lipinski definition) is 4. The molecule has 1 amide bonds. The highest BCUT2D eigenvalue weighted by Gasteiger charge is 2.32. The zero-order valence-corrected chi connectivity index (χ0v) is 19.6. The molecule has 0 aliphatic carbocycles. The molecule has 1 saturated heterocycles. The van der Waals surface area contributed by atoms with Crippen LogP contribution in [0.3, 0.4) is 0 Å². The van der Waals surface area contributed by atoms with Crippen molar-refractivity contribution in [1.29, 1.82) is 0 Å². The topological polar surface area (TPSA) is 91.5 Å². The summed E-state index contributed by atoms with van der Waals surface area (Å²) < 4.78 is 33.0. The van der Waals surface area contributed by atoms with Gasteiger partial charge in [-0.1, -0.05) is 30.3 Å². The number of rotatable bonds is 7. The quantitative estimate of drug-likeness (QED) is 0.548. The van der Waals surface area contributed by atoms with E-state index in [1.165, 1.54) is 16.4 Å². The zero-order valence-electron chi connectivity index (χ0n) is 18.8. The summed E-state index contributed by atoms with van der Waals surface area (Å²) in [4.78, 5) is 16.0. The lowest BCUT2D eigenvalue weighted by atomic mass is 10.2. The monoisotopic (exact) mass is 467 g/mol. The SMILES string of the molecule is CC1CN(S(=O)(=O)c2ccc(NC(=O)CCc3ccc(-c4ccccc4)[nH]3)cc2)CC(C)O1. The van der Waals surface area contributed by atoms with E-state index in [1.807, 2.05) is 56.3 Å². The van der Waals surface area contributed by atoms with Gasteiger partial charge in [0, 0.05) is 36.6 Å². The summed E-state index contributed by atoms with van der Waals surface area (Å²) in [7, 11) is -3.60. The third-order valence-electron chi connectivity index (χ3n) is 5.61. The van der Waals surface area contributed by atoms with E-state index in [2.05, 4.69) is 10.3 Å². The van der Waals surface area contributed by atoms with Crippen LogP contribution in [0.25, 0.3) is 11.3 Å². The van der Waals surface area contributed by atoms with E-state index in [1.54, 1.807) is 12.1 Å². The minimum absolute atomic E-state index is 0.128. The molecule has 3 aromatic rings. The Labute approximate surface area is 194 Å². The van der Waals surface area contributed by atoms with Gasteiger partial charge in [-0.3, -0.25) is 4.79 Å². The lowest BCUT2D eigenvalue weighted by Crippen LogP contribution is -2.48. The molecule has 8 heteroatoms. The Morgan fingerprint density at radius 1 is 1.00 bits per heavy atom. The van der Waals surface area contributed by atoms with Crippen LogP contribution in [0.4, 0.5) is 5.69 Å². The first-order chi connectivity index (χ1) is 15.8. The van der Waals surface area contributed by atoms with Crippen molar-refractivity contribution in [1.82, 2.24) is 9.29 Å².